The Morgan fingerprint density at radius 2 is 2.53 bits per heavy atom. The van der Waals surface area contributed by atoms with E-state index in [0.29, 0.717) is 0 Å². The molecule has 15 heavy (non-hydrogen) atoms. The molecule has 1 aliphatic rings. The van der Waals surface area contributed by atoms with Crippen LogP contribution in [0.15, 0.2) is 5.38 Å². The van der Waals surface area contributed by atoms with Crippen molar-refractivity contribution < 1.29 is 0 Å². The number of aryl methyl sites for hydroxylation is 1. The topological polar surface area (TPSA) is 28.2 Å². The van der Waals surface area contributed by atoms with Crippen LogP contribution in [0.3, 0.4) is 0 Å². The van der Waals surface area contributed by atoms with Crippen LogP contribution in [0.25, 0.3) is 0 Å². The molecule has 3 nitrogen and oxygen atoms in total. The molecule has 0 aromatic carbocycles. The lowest BCUT2D eigenvalue weighted by molar-refractivity contribution is 0.399. The summed E-state index contributed by atoms with van der Waals surface area (Å²) in [6.45, 7) is 5.68. The highest BCUT2D eigenvalue weighted by Crippen LogP contribution is 2.19. The molecule has 0 bridgehead atoms. The second-order valence-electron chi connectivity index (χ2n) is 4.30. The van der Waals surface area contributed by atoms with Crippen LogP contribution in [-0.2, 0) is 6.42 Å². The quantitative estimate of drug-likeness (QED) is 0.850. The Balaban J connectivity index is 1.77. The van der Waals surface area contributed by atoms with Crippen molar-refractivity contribution in [2.75, 3.05) is 32.0 Å². The van der Waals surface area contributed by atoms with Gasteiger partial charge in [-0.2, -0.15) is 0 Å². The van der Waals surface area contributed by atoms with Crippen LogP contribution >= 0.6 is 11.3 Å². The lowest BCUT2D eigenvalue weighted by atomic mass is 10.1. The van der Waals surface area contributed by atoms with Crippen LogP contribution in [0.2, 0.25) is 0 Å². The molecule has 2 heterocycles. The fraction of sp³-hybridized carbons (Fsp3) is 0.727. The zero-order chi connectivity index (χ0) is 10.7. The van der Waals surface area contributed by atoms with Gasteiger partial charge < -0.3 is 10.2 Å². The van der Waals surface area contributed by atoms with Crippen LogP contribution in [0.1, 0.15) is 19.0 Å². The molecule has 1 aliphatic heterocycles. The van der Waals surface area contributed by atoms with Crippen molar-refractivity contribution in [3.8, 4) is 0 Å². The summed E-state index contributed by atoms with van der Waals surface area (Å²) in [5, 5.41) is 6.67. The molecule has 1 atom stereocenters. The lowest BCUT2D eigenvalue weighted by Crippen LogP contribution is -2.19. The van der Waals surface area contributed by atoms with Gasteiger partial charge in [-0.1, -0.05) is 6.92 Å². The van der Waals surface area contributed by atoms with Crippen LogP contribution in [0, 0.1) is 5.92 Å². The van der Waals surface area contributed by atoms with Crippen molar-refractivity contribution in [2.24, 2.45) is 5.92 Å². The molecular formula is C11H19N3S. The van der Waals surface area contributed by atoms with E-state index in [2.05, 4.69) is 34.6 Å². The van der Waals surface area contributed by atoms with Crippen molar-refractivity contribution >= 4 is 16.5 Å². The number of thiazole rings is 1. The molecule has 0 radical (unpaired) electrons. The minimum absolute atomic E-state index is 0.795. The van der Waals surface area contributed by atoms with Crippen molar-refractivity contribution in [2.45, 2.75) is 19.8 Å². The molecule has 0 amide bonds. The Bertz CT molecular complexity index is 311. The van der Waals surface area contributed by atoms with Gasteiger partial charge in [0.2, 0.25) is 0 Å². The number of likely N-dealkylation sites (tertiary alicyclic amines) is 1. The summed E-state index contributed by atoms with van der Waals surface area (Å²) in [7, 11) is 2.19. The second-order valence-corrected chi connectivity index (χ2v) is 5.15. The molecule has 1 aromatic heterocycles. The summed E-state index contributed by atoms with van der Waals surface area (Å²) in [4.78, 5) is 6.90. The largest absolute Gasteiger partial charge is 0.361 e. The molecule has 1 aromatic rings. The highest BCUT2D eigenvalue weighted by Gasteiger charge is 2.19. The molecule has 1 N–H and O–H groups in total. The summed E-state index contributed by atoms with van der Waals surface area (Å²) in [6, 6.07) is 0. The molecule has 1 saturated heterocycles. The van der Waals surface area contributed by atoms with Gasteiger partial charge in [0.15, 0.2) is 5.13 Å². The van der Waals surface area contributed by atoms with Crippen molar-refractivity contribution in [3.63, 3.8) is 0 Å². The average molecular weight is 225 g/mol. The highest BCUT2D eigenvalue weighted by molar-refractivity contribution is 7.13. The van der Waals surface area contributed by atoms with Gasteiger partial charge in [-0.3, -0.25) is 0 Å². The zero-order valence-electron chi connectivity index (χ0n) is 9.49. The van der Waals surface area contributed by atoms with Crippen LogP contribution in [0.4, 0.5) is 5.13 Å². The van der Waals surface area contributed by atoms with Crippen LogP contribution < -0.4 is 5.32 Å². The van der Waals surface area contributed by atoms with Gasteiger partial charge in [0.25, 0.3) is 0 Å². The SMILES string of the molecule is CCc1csc(NCC2CCN(C)C2)n1. The van der Waals surface area contributed by atoms with E-state index < -0.39 is 0 Å². The Kier molecular flexibility index (Phi) is 3.59. The second kappa shape index (κ2) is 4.94. The Labute approximate surface area is 95.5 Å². The molecule has 0 spiro atoms. The minimum Gasteiger partial charge on any atom is -0.361 e. The summed E-state index contributed by atoms with van der Waals surface area (Å²) in [5.74, 6) is 0.795. The molecule has 1 unspecified atom stereocenters. The molecular weight excluding hydrogens is 206 g/mol. The fourth-order valence-electron chi connectivity index (χ4n) is 1.98. The number of nitrogens with zero attached hydrogens (tertiary/aromatic N) is 2. The Morgan fingerprint density at radius 1 is 1.67 bits per heavy atom. The van der Waals surface area contributed by atoms with E-state index in [0.717, 1.165) is 24.0 Å². The van der Waals surface area contributed by atoms with Gasteiger partial charge in [-0.15, -0.1) is 11.3 Å². The van der Waals surface area contributed by atoms with Crippen molar-refractivity contribution in [1.82, 2.24) is 9.88 Å². The third-order valence-electron chi connectivity index (χ3n) is 2.94. The number of hydrogen-bond acceptors (Lipinski definition) is 4. The predicted octanol–water partition coefficient (Wildman–Crippen LogP) is 2.07. The number of hydrogen-bond donors (Lipinski definition) is 1. The number of anilines is 1. The zero-order valence-corrected chi connectivity index (χ0v) is 10.3. The molecule has 0 aliphatic carbocycles. The molecule has 1 fully saturated rings. The first kappa shape index (κ1) is 10.9. The first-order valence-electron chi connectivity index (χ1n) is 5.64. The van der Waals surface area contributed by atoms with Gasteiger partial charge in [0, 0.05) is 18.5 Å². The van der Waals surface area contributed by atoms with E-state index in [-0.39, 0.29) is 0 Å². The van der Waals surface area contributed by atoms with Gasteiger partial charge >= 0.3 is 0 Å². The van der Waals surface area contributed by atoms with Gasteiger partial charge in [-0.25, -0.2) is 4.98 Å². The maximum absolute atomic E-state index is 4.50. The average Bonchev–Trinajstić information content (AvgIpc) is 2.83. The third kappa shape index (κ3) is 2.92. The van der Waals surface area contributed by atoms with Crippen LogP contribution in [0.5, 0.6) is 0 Å². The first-order valence-corrected chi connectivity index (χ1v) is 6.52. The standard InChI is InChI=1S/C11H19N3S/c1-3-10-8-15-11(13-10)12-6-9-4-5-14(2)7-9/h8-9H,3-7H2,1-2H3,(H,12,13). The van der Waals surface area contributed by atoms with Crippen molar-refractivity contribution in [1.29, 1.82) is 0 Å². The fourth-order valence-corrected chi connectivity index (χ4v) is 2.78. The highest BCUT2D eigenvalue weighted by atomic mass is 32.1. The summed E-state index contributed by atoms with van der Waals surface area (Å²) in [6.07, 6.45) is 2.35. The van der Waals surface area contributed by atoms with Gasteiger partial charge in [0.05, 0.1) is 5.69 Å². The molecule has 4 heteroatoms. The Hall–Kier alpha value is -0.610. The predicted molar refractivity (Wildman–Crippen MR) is 65.6 cm³/mol. The summed E-state index contributed by atoms with van der Waals surface area (Å²) < 4.78 is 0. The minimum atomic E-state index is 0.795. The molecule has 0 saturated carbocycles. The van der Waals surface area contributed by atoms with E-state index in [1.807, 2.05) is 0 Å². The maximum atomic E-state index is 4.50. The third-order valence-corrected chi connectivity index (χ3v) is 3.79. The van der Waals surface area contributed by atoms with Crippen molar-refractivity contribution in [3.05, 3.63) is 11.1 Å². The smallest absolute Gasteiger partial charge is 0.182 e. The van der Waals surface area contributed by atoms with Gasteiger partial charge in [0.1, 0.15) is 0 Å². The normalized spacial score (nSPS) is 22.1. The number of rotatable bonds is 4. The maximum Gasteiger partial charge on any atom is 0.182 e. The van der Waals surface area contributed by atoms with E-state index in [1.54, 1.807) is 11.3 Å². The van der Waals surface area contributed by atoms with Gasteiger partial charge in [-0.05, 0) is 32.4 Å². The summed E-state index contributed by atoms with van der Waals surface area (Å²) in [5.41, 5.74) is 1.20. The Morgan fingerprint density at radius 3 is 3.13 bits per heavy atom. The lowest BCUT2D eigenvalue weighted by Gasteiger charge is -2.10. The number of aromatic nitrogens is 1. The monoisotopic (exact) mass is 225 g/mol. The van der Waals surface area contributed by atoms with E-state index in [4.69, 9.17) is 0 Å². The first-order chi connectivity index (χ1) is 7.28. The van der Waals surface area contributed by atoms with E-state index >= 15 is 0 Å². The van der Waals surface area contributed by atoms with E-state index in [9.17, 15) is 0 Å². The molecule has 2 rings (SSSR count). The summed E-state index contributed by atoms with van der Waals surface area (Å²) >= 11 is 1.72. The number of nitrogens with one attached hydrogen (secondary N) is 1. The van der Waals surface area contributed by atoms with E-state index in [1.165, 1.54) is 25.2 Å². The van der Waals surface area contributed by atoms with Crippen LogP contribution in [-0.4, -0.2) is 36.6 Å². The molecule has 84 valence electrons.